The van der Waals surface area contributed by atoms with Crippen molar-refractivity contribution in [3.8, 4) is 0 Å². The van der Waals surface area contributed by atoms with Crippen molar-refractivity contribution in [1.82, 2.24) is 0 Å². The molecule has 0 N–H and O–H groups in total. The summed E-state index contributed by atoms with van der Waals surface area (Å²) in [6, 6.07) is 0. The molecule has 102 valence electrons. The van der Waals surface area contributed by atoms with Crippen LogP contribution < -0.4 is 0 Å². The third-order valence-electron chi connectivity index (χ3n) is 1.93. The van der Waals surface area contributed by atoms with Gasteiger partial charge in [-0.1, -0.05) is 26.5 Å². The third kappa shape index (κ3) is 8.52. The van der Waals surface area contributed by atoms with Crippen molar-refractivity contribution in [2.75, 3.05) is 26.4 Å². The van der Waals surface area contributed by atoms with E-state index in [1.807, 2.05) is 6.92 Å². The molecular formula is C13H20O5. The molecule has 0 aliphatic rings. The van der Waals surface area contributed by atoms with Crippen molar-refractivity contribution < 1.29 is 23.8 Å². The van der Waals surface area contributed by atoms with E-state index in [9.17, 15) is 9.59 Å². The van der Waals surface area contributed by atoms with Crippen molar-refractivity contribution in [3.63, 3.8) is 0 Å². The van der Waals surface area contributed by atoms with Crippen molar-refractivity contribution in [3.05, 3.63) is 24.8 Å². The van der Waals surface area contributed by atoms with Gasteiger partial charge >= 0.3 is 11.9 Å². The van der Waals surface area contributed by atoms with Crippen molar-refractivity contribution >= 4 is 11.9 Å². The van der Waals surface area contributed by atoms with E-state index in [4.69, 9.17) is 9.47 Å². The highest BCUT2D eigenvalue weighted by Crippen LogP contribution is 1.98. The molecule has 0 atom stereocenters. The molecule has 0 aromatic heterocycles. The molecule has 18 heavy (non-hydrogen) atoms. The topological polar surface area (TPSA) is 61.8 Å². The molecule has 0 spiro atoms. The Kier molecular flexibility index (Phi) is 9.58. The summed E-state index contributed by atoms with van der Waals surface area (Å²) in [6.07, 6.45) is 2.87. The first-order valence-corrected chi connectivity index (χ1v) is 5.83. The van der Waals surface area contributed by atoms with Crippen LogP contribution >= 0.6 is 0 Å². The highest BCUT2D eigenvalue weighted by Gasteiger charge is 2.08. The maximum atomic E-state index is 11.3. The van der Waals surface area contributed by atoms with E-state index in [2.05, 4.69) is 17.9 Å². The fourth-order valence-electron chi connectivity index (χ4n) is 0.926. The van der Waals surface area contributed by atoms with Gasteiger partial charge in [-0.2, -0.15) is 0 Å². The summed E-state index contributed by atoms with van der Waals surface area (Å²) in [7, 11) is 0. The predicted octanol–water partition coefficient (Wildman–Crippen LogP) is 1.63. The maximum Gasteiger partial charge on any atom is 0.335 e. The zero-order valence-electron chi connectivity index (χ0n) is 10.8. The molecule has 0 aliphatic carbocycles. The lowest BCUT2D eigenvalue weighted by atomic mass is 10.3. The molecule has 0 rings (SSSR count). The van der Waals surface area contributed by atoms with E-state index in [0.717, 1.165) is 18.9 Å². The van der Waals surface area contributed by atoms with Gasteiger partial charge in [0.1, 0.15) is 6.61 Å². The number of carbonyl (C=O) groups is 2. The number of esters is 2. The second-order valence-electron chi connectivity index (χ2n) is 3.52. The molecule has 0 radical (unpaired) electrons. The normalized spacial score (nSPS) is 9.61. The van der Waals surface area contributed by atoms with E-state index in [0.29, 0.717) is 6.61 Å². The zero-order valence-corrected chi connectivity index (χ0v) is 10.8. The Bertz CT molecular complexity index is 296. The average molecular weight is 256 g/mol. The summed E-state index contributed by atoms with van der Waals surface area (Å²) in [6.45, 7) is 9.59. The highest BCUT2D eigenvalue weighted by atomic mass is 16.6. The van der Waals surface area contributed by atoms with Gasteiger partial charge in [-0.3, -0.25) is 0 Å². The van der Waals surface area contributed by atoms with Gasteiger partial charge in [-0.15, -0.1) is 0 Å². The fraction of sp³-hybridized carbons (Fsp3) is 0.538. The van der Waals surface area contributed by atoms with E-state index in [-0.39, 0.29) is 25.4 Å². The SMILES string of the molecule is C=CC(=O)OCCOCC(=C)C(=O)OCCCC. The lowest BCUT2D eigenvalue weighted by Crippen LogP contribution is -2.15. The Morgan fingerprint density at radius 1 is 1.17 bits per heavy atom. The predicted molar refractivity (Wildman–Crippen MR) is 67.0 cm³/mol. The first-order chi connectivity index (χ1) is 8.61. The molecule has 0 fully saturated rings. The van der Waals surface area contributed by atoms with Crippen LogP contribution in [0.5, 0.6) is 0 Å². The number of unbranched alkanes of at least 4 members (excludes halogenated alkanes) is 1. The van der Waals surface area contributed by atoms with E-state index in [1.165, 1.54) is 0 Å². The fourth-order valence-corrected chi connectivity index (χ4v) is 0.926. The van der Waals surface area contributed by atoms with Gasteiger partial charge in [0.15, 0.2) is 0 Å². The summed E-state index contributed by atoms with van der Waals surface area (Å²) in [4.78, 5) is 22.0. The van der Waals surface area contributed by atoms with Crippen LogP contribution in [0.4, 0.5) is 0 Å². The second kappa shape index (κ2) is 10.5. The van der Waals surface area contributed by atoms with Crippen LogP contribution in [0.15, 0.2) is 24.8 Å². The Morgan fingerprint density at radius 3 is 2.50 bits per heavy atom. The monoisotopic (exact) mass is 256 g/mol. The van der Waals surface area contributed by atoms with Crippen LogP contribution in [0.1, 0.15) is 19.8 Å². The van der Waals surface area contributed by atoms with Crippen LogP contribution in [0.2, 0.25) is 0 Å². The van der Waals surface area contributed by atoms with Crippen LogP contribution in [0.3, 0.4) is 0 Å². The molecule has 5 nitrogen and oxygen atoms in total. The van der Waals surface area contributed by atoms with Crippen LogP contribution in [0.25, 0.3) is 0 Å². The number of hydrogen-bond donors (Lipinski definition) is 0. The molecule has 0 saturated heterocycles. The lowest BCUT2D eigenvalue weighted by Gasteiger charge is -2.07. The van der Waals surface area contributed by atoms with Gasteiger partial charge in [-0.25, -0.2) is 9.59 Å². The minimum atomic E-state index is -0.503. The number of ether oxygens (including phenoxy) is 3. The maximum absolute atomic E-state index is 11.3. The molecular weight excluding hydrogens is 236 g/mol. The lowest BCUT2D eigenvalue weighted by molar-refractivity contribution is -0.141. The smallest absolute Gasteiger partial charge is 0.335 e. The van der Waals surface area contributed by atoms with Crippen LogP contribution in [-0.4, -0.2) is 38.4 Å². The van der Waals surface area contributed by atoms with Gasteiger partial charge in [0.25, 0.3) is 0 Å². The summed E-state index contributed by atoms with van der Waals surface area (Å²) < 4.78 is 14.7. The van der Waals surface area contributed by atoms with Crippen molar-refractivity contribution in [2.24, 2.45) is 0 Å². The first-order valence-electron chi connectivity index (χ1n) is 5.83. The van der Waals surface area contributed by atoms with Crippen molar-refractivity contribution in [1.29, 1.82) is 0 Å². The second-order valence-corrected chi connectivity index (χ2v) is 3.52. The highest BCUT2D eigenvalue weighted by molar-refractivity contribution is 5.87. The molecule has 0 unspecified atom stereocenters. The summed E-state index contributed by atoms with van der Waals surface area (Å²) in [5, 5.41) is 0. The minimum absolute atomic E-state index is 0.0661. The number of carbonyl (C=O) groups excluding carboxylic acids is 2. The Labute approximate surface area is 107 Å². The zero-order chi connectivity index (χ0) is 13.8. The molecule has 0 bridgehead atoms. The molecule has 0 aromatic carbocycles. The van der Waals surface area contributed by atoms with Gasteiger partial charge in [0.05, 0.1) is 25.4 Å². The molecule has 0 heterocycles. The van der Waals surface area contributed by atoms with Crippen LogP contribution in [-0.2, 0) is 23.8 Å². The summed E-state index contributed by atoms with van der Waals surface area (Å²) in [5.41, 5.74) is 0.251. The molecule has 0 aromatic rings. The first kappa shape index (κ1) is 16.4. The minimum Gasteiger partial charge on any atom is -0.462 e. The van der Waals surface area contributed by atoms with Crippen molar-refractivity contribution in [2.45, 2.75) is 19.8 Å². The van der Waals surface area contributed by atoms with Gasteiger partial charge in [0.2, 0.25) is 0 Å². The molecule has 0 aliphatic heterocycles. The number of hydrogen-bond acceptors (Lipinski definition) is 5. The van der Waals surface area contributed by atoms with Gasteiger partial charge < -0.3 is 14.2 Å². The average Bonchev–Trinajstić information content (AvgIpc) is 2.37. The van der Waals surface area contributed by atoms with E-state index in [1.54, 1.807) is 0 Å². The largest absolute Gasteiger partial charge is 0.462 e. The molecule has 5 heteroatoms. The number of rotatable bonds is 10. The van der Waals surface area contributed by atoms with Crippen LogP contribution in [0, 0.1) is 0 Å². The standard InChI is InChI=1S/C13H20O5/c1-4-6-7-18-13(15)11(3)10-16-8-9-17-12(14)5-2/h5H,2-4,6-10H2,1H3. The molecule has 0 saturated carbocycles. The third-order valence-corrected chi connectivity index (χ3v) is 1.93. The summed E-state index contributed by atoms with van der Waals surface area (Å²) >= 11 is 0. The Hall–Kier alpha value is -1.62. The van der Waals surface area contributed by atoms with E-state index >= 15 is 0 Å². The Balaban J connectivity index is 3.54. The summed E-state index contributed by atoms with van der Waals surface area (Å²) in [5.74, 6) is -0.956. The van der Waals surface area contributed by atoms with E-state index < -0.39 is 11.9 Å². The van der Waals surface area contributed by atoms with Gasteiger partial charge in [-0.05, 0) is 6.42 Å². The molecule has 0 amide bonds. The van der Waals surface area contributed by atoms with Gasteiger partial charge in [0, 0.05) is 6.08 Å². The quantitative estimate of drug-likeness (QED) is 0.338. The Morgan fingerprint density at radius 2 is 1.89 bits per heavy atom.